The Balaban J connectivity index is 3.49. The lowest BCUT2D eigenvalue weighted by molar-refractivity contribution is 0.627. The molecule has 0 aliphatic carbocycles. The number of nitrogens with two attached hydrogens (primary N) is 1. The van der Waals surface area contributed by atoms with Gasteiger partial charge in [-0.25, -0.2) is 0 Å². The molecule has 7 heavy (non-hydrogen) atoms. The fraction of sp³-hybridized carbons (Fsp3) is 0.667. The molecule has 0 radical (unpaired) electrons. The molecule has 0 aromatic rings. The summed E-state index contributed by atoms with van der Waals surface area (Å²) in [6.45, 7) is 0.397. The standard InChI is InChI=1S/C3H7NO2S/c4-2-1-3-7(5)6/h3H,1-2,4H2. The van der Waals surface area contributed by atoms with E-state index in [1.54, 1.807) is 0 Å². The molecule has 0 aliphatic rings. The van der Waals surface area contributed by atoms with Gasteiger partial charge in [0.2, 0.25) is 10.3 Å². The molecule has 0 aliphatic heterocycles. The van der Waals surface area contributed by atoms with E-state index in [4.69, 9.17) is 5.73 Å². The van der Waals surface area contributed by atoms with Crippen molar-refractivity contribution < 1.29 is 8.42 Å². The molecule has 0 bridgehead atoms. The van der Waals surface area contributed by atoms with Gasteiger partial charge in [0.15, 0.2) is 0 Å². The average molecular weight is 121 g/mol. The largest absolute Gasteiger partial charge is 0.330 e. The van der Waals surface area contributed by atoms with E-state index in [2.05, 4.69) is 0 Å². The molecule has 0 aromatic carbocycles. The molecule has 0 aromatic heterocycles. The highest BCUT2D eigenvalue weighted by Crippen LogP contribution is 1.58. The molecule has 0 atom stereocenters. The molecule has 4 heteroatoms. The molecule has 2 N–H and O–H groups in total. The number of hydrogen-bond donors (Lipinski definition) is 1. The molecule has 3 nitrogen and oxygen atoms in total. The lowest BCUT2D eigenvalue weighted by Gasteiger charge is -1.73. The third-order valence-corrected chi connectivity index (χ3v) is 0.928. The maximum atomic E-state index is 9.65. The van der Waals surface area contributed by atoms with Gasteiger partial charge in [-0.2, -0.15) is 8.42 Å². The normalized spacial score (nSPS) is 8.14. The van der Waals surface area contributed by atoms with Gasteiger partial charge < -0.3 is 5.73 Å². The van der Waals surface area contributed by atoms with Crippen LogP contribution in [-0.4, -0.2) is 20.3 Å². The Labute approximate surface area is 43.7 Å². The minimum atomic E-state index is -2.02. The van der Waals surface area contributed by atoms with E-state index in [1.807, 2.05) is 0 Å². The summed E-state index contributed by atoms with van der Waals surface area (Å²) in [7, 11) is -2.02. The third-order valence-electron chi connectivity index (χ3n) is 0.421. The quantitative estimate of drug-likeness (QED) is 0.477. The molecule has 0 saturated carbocycles. The minimum Gasteiger partial charge on any atom is -0.330 e. The van der Waals surface area contributed by atoms with Crippen LogP contribution in [0.4, 0.5) is 0 Å². The van der Waals surface area contributed by atoms with Gasteiger partial charge in [0.25, 0.3) is 0 Å². The van der Waals surface area contributed by atoms with Crippen molar-refractivity contribution in [2.45, 2.75) is 6.42 Å². The van der Waals surface area contributed by atoms with Gasteiger partial charge in [-0.15, -0.1) is 0 Å². The second-order valence-corrected chi connectivity index (χ2v) is 1.86. The summed E-state index contributed by atoms with van der Waals surface area (Å²) in [4.78, 5) is 0. The molecule has 0 heterocycles. The summed E-state index contributed by atoms with van der Waals surface area (Å²) in [5, 5.41) is 1.14. The van der Waals surface area contributed by atoms with Crippen LogP contribution in [0.15, 0.2) is 0 Å². The molecule has 0 spiro atoms. The zero-order valence-electron chi connectivity index (χ0n) is 3.79. The van der Waals surface area contributed by atoms with Crippen LogP contribution in [0.3, 0.4) is 0 Å². The minimum absolute atomic E-state index is 0.397. The van der Waals surface area contributed by atoms with Crippen LogP contribution in [0.5, 0.6) is 0 Å². The second kappa shape index (κ2) is 3.83. The van der Waals surface area contributed by atoms with E-state index in [0.29, 0.717) is 13.0 Å². The highest BCUT2D eigenvalue weighted by molar-refractivity contribution is 7.71. The van der Waals surface area contributed by atoms with E-state index in [-0.39, 0.29) is 0 Å². The first-order valence-corrected chi connectivity index (χ1v) is 3.02. The molecular weight excluding hydrogens is 114 g/mol. The van der Waals surface area contributed by atoms with Gasteiger partial charge in [0, 0.05) is 5.37 Å². The molecule has 0 saturated heterocycles. The van der Waals surface area contributed by atoms with Crippen molar-refractivity contribution in [3.8, 4) is 0 Å². The summed E-state index contributed by atoms with van der Waals surface area (Å²) in [6, 6.07) is 0. The Hall–Kier alpha value is -0.350. The van der Waals surface area contributed by atoms with Crippen LogP contribution < -0.4 is 5.73 Å². The Kier molecular flexibility index (Phi) is 3.64. The van der Waals surface area contributed by atoms with Crippen LogP contribution in [0.25, 0.3) is 0 Å². The third kappa shape index (κ3) is 5.65. The number of rotatable bonds is 2. The lowest BCUT2D eigenvalue weighted by atomic mass is 10.5. The topological polar surface area (TPSA) is 60.2 Å². The smallest absolute Gasteiger partial charge is 0.209 e. The summed E-state index contributed by atoms with van der Waals surface area (Å²) in [6.07, 6.45) is 0.441. The van der Waals surface area contributed by atoms with Gasteiger partial charge >= 0.3 is 0 Å². The van der Waals surface area contributed by atoms with E-state index in [1.165, 1.54) is 0 Å². The Morgan fingerprint density at radius 1 is 1.57 bits per heavy atom. The predicted octanol–water partition coefficient (Wildman–Crippen LogP) is -0.983. The summed E-state index contributed by atoms with van der Waals surface area (Å²) < 4.78 is 19.3. The van der Waals surface area contributed by atoms with E-state index >= 15 is 0 Å². The monoisotopic (exact) mass is 121 g/mol. The summed E-state index contributed by atoms with van der Waals surface area (Å²) in [5.41, 5.74) is 4.97. The van der Waals surface area contributed by atoms with Gasteiger partial charge in [-0.3, -0.25) is 0 Å². The first kappa shape index (κ1) is 6.65. The summed E-state index contributed by atoms with van der Waals surface area (Å²) >= 11 is 0. The molecule has 0 fully saturated rings. The summed E-state index contributed by atoms with van der Waals surface area (Å²) in [5.74, 6) is 0. The molecule has 0 unspecified atom stereocenters. The van der Waals surface area contributed by atoms with E-state index < -0.39 is 10.3 Å². The van der Waals surface area contributed by atoms with Crippen LogP contribution in [0.2, 0.25) is 0 Å². The fourth-order valence-electron chi connectivity index (χ4n) is 0.164. The Morgan fingerprint density at radius 3 is 2.29 bits per heavy atom. The maximum Gasteiger partial charge on any atom is 0.209 e. The predicted molar refractivity (Wildman–Crippen MR) is 28.7 cm³/mol. The first-order chi connectivity index (χ1) is 3.27. The van der Waals surface area contributed by atoms with Gasteiger partial charge in [-0.05, 0) is 13.0 Å². The van der Waals surface area contributed by atoms with Crippen molar-refractivity contribution in [1.29, 1.82) is 0 Å². The molecule has 0 rings (SSSR count). The van der Waals surface area contributed by atoms with Gasteiger partial charge in [0.1, 0.15) is 0 Å². The van der Waals surface area contributed by atoms with Crippen molar-refractivity contribution in [2.75, 3.05) is 6.54 Å². The highest BCUT2D eigenvalue weighted by atomic mass is 32.2. The molecule has 0 amide bonds. The number of hydrogen-bond acceptors (Lipinski definition) is 3. The average Bonchev–Trinajstić information content (AvgIpc) is 1.61. The molecule has 42 valence electrons. The van der Waals surface area contributed by atoms with Crippen molar-refractivity contribution in [3.63, 3.8) is 0 Å². The van der Waals surface area contributed by atoms with E-state index in [0.717, 1.165) is 5.37 Å². The highest BCUT2D eigenvalue weighted by Gasteiger charge is 1.70. The van der Waals surface area contributed by atoms with Crippen molar-refractivity contribution in [2.24, 2.45) is 5.73 Å². The second-order valence-electron chi connectivity index (χ2n) is 1.00. The van der Waals surface area contributed by atoms with E-state index in [9.17, 15) is 8.42 Å². The first-order valence-electron chi connectivity index (χ1n) is 1.89. The van der Waals surface area contributed by atoms with Gasteiger partial charge in [0.05, 0.1) is 0 Å². The zero-order chi connectivity index (χ0) is 5.70. The zero-order valence-corrected chi connectivity index (χ0v) is 4.61. The Bertz CT molecular complexity index is 138. The Morgan fingerprint density at radius 2 is 2.14 bits per heavy atom. The van der Waals surface area contributed by atoms with Gasteiger partial charge in [-0.1, -0.05) is 0 Å². The lowest BCUT2D eigenvalue weighted by Crippen LogP contribution is -1.98. The van der Waals surface area contributed by atoms with Crippen molar-refractivity contribution >= 4 is 15.7 Å². The van der Waals surface area contributed by atoms with Crippen LogP contribution >= 0.6 is 0 Å². The maximum absolute atomic E-state index is 9.65. The van der Waals surface area contributed by atoms with Crippen molar-refractivity contribution in [3.05, 3.63) is 0 Å². The van der Waals surface area contributed by atoms with Crippen molar-refractivity contribution in [1.82, 2.24) is 0 Å². The van der Waals surface area contributed by atoms with Crippen LogP contribution in [0.1, 0.15) is 6.42 Å². The SMILES string of the molecule is NCCC=S(=O)=O. The molecular formula is C3H7NO2S. The van der Waals surface area contributed by atoms with Crippen LogP contribution in [-0.2, 0) is 10.3 Å². The van der Waals surface area contributed by atoms with Crippen LogP contribution in [0, 0.1) is 0 Å². The fourth-order valence-corrected chi connectivity index (χ4v) is 0.493.